The second-order valence-electron chi connectivity index (χ2n) is 3.88. The van der Waals surface area contributed by atoms with Gasteiger partial charge in [0.15, 0.2) is 0 Å². The van der Waals surface area contributed by atoms with E-state index in [2.05, 4.69) is 15.5 Å². The van der Waals surface area contributed by atoms with Crippen LogP contribution < -0.4 is 5.32 Å². The number of nitrogens with one attached hydrogen (secondary N) is 1. The minimum atomic E-state index is -0.348. The molecular formula is C9H16N4O. The lowest BCUT2D eigenvalue weighted by Gasteiger charge is -2.11. The first-order valence-electron chi connectivity index (χ1n) is 5.04. The van der Waals surface area contributed by atoms with Gasteiger partial charge < -0.3 is 15.0 Å². The number of hydrogen-bond donors (Lipinski definition) is 2. The van der Waals surface area contributed by atoms with Crippen molar-refractivity contribution in [3.8, 4) is 0 Å². The fraction of sp³-hybridized carbons (Fsp3) is 0.778. The molecule has 2 heterocycles. The monoisotopic (exact) mass is 196 g/mol. The Balaban J connectivity index is 2.12. The molecular weight excluding hydrogens is 180 g/mol. The molecule has 0 aliphatic carbocycles. The Bertz CT molecular complexity index is 291. The number of aliphatic hydroxyl groups is 1. The quantitative estimate of drug-likeness (QED) is 0.699. The van der Waals surface area contributed by atoms with Crippen LogP contribution >= 0.6 is 0 Å². The summed E-state index contributed by atoms with van der Waals surface area (Å²) in [6.07, 6.45) is 2.46. The number of nitrogens with zero attached hydrogens (tertiary/aromatic N) is 3. The molecule has 0 bridgehead atoms. The molecule has 14 heavy (non-hydrogen) atoms. The molecule has 1 aromatic rings. The Morgan fingerprint density at radius 2 is 2.64 bits per heavy atom. The van der Waals surface area contributed by atoms with Crippen molar-refractivity contribution in [1.29, 1.82) is 0 Å². The summed E-state index contributed by atoms with van der Waals surface area (Å²) in [5.74, 6) is 1.45. The second-order valence-corrected chi connectivity index (χ2v) is 3.88. The highest BCUT2D eigenvalue weighted by Crippen LogP contribution is 2.19. The van der Waals surface area contributed by atoms with Crippen LogP contribution in [-0.2, 0) is 6.54 Å². The maximum absolute atomic E-state index is 9.30. The van der Waals surface area contributed by atoms with Crippen LogP contribution in [-0.4, -0.2) is 39.1 Å². The fourth-order valence-electron chi connectivity index (χ4n) is 1.88. The Morgan fingerprint density at radius 3 is 3.29 bits per heavy atom. The Morgan fingerprint density at radius 1 is 1.79 bits per heavy atom. The molecule has 1 saturated heterocycles. The lowest BCUT2D eigenvalue weighted by molar-refractivity contribution is 0.171. The van der Waals surface area contributed by atoms with E-state index in [1.54, 1.807) is 13.3 Å². The number of aromatic nitrogens is 3. The smallest absolute Gasteiger partial charge is 0.137 e. The molecule has 2 rings (SSSR count). The normalized spacial score (nSPS) is 24.0. The van der Waals surface area contributed by atoms with Gasteiger partial charge in [0.25, 0.3) is 0 Å². The van der Waals surface area contributed by atoms with Gasteiger partial charge in [0.1, 0.15) is 12.2 Å². The van der Waals surface area contributed by atoms with Crippen molar-refractivity contribution >= 4 is 0 Å². The number of hydrogen-bond acceptors (Lipinski definition) is 4. The molecule has 0 spiro atoms. The zero-order valence-electron chi connectivity index (χ0n) is 8.35. The van der Waals surface area contributed by atoms with E-state index in [1.807, 2.05) is 4.57 Å². The summed E-state index contributed by atoms with van der Waals surface area (Å²) in [5.41, 5.74) is 0. The first-order chi connectivity index (χ1) is 6.77. The van der Waals surface area contributed by atoms with Gasteiger partial charge in [-0.25, -0.2) is 0 Å². The van der Waals surface area contributed by atoms with Gasteiger partial charge in [-0.15, -0.1) is 10.2 Å². The van der Waals surface area contributed by atoms with Crippen LogP contribution in [0.15, 0.2) is 6.33 Å². The summed E-state index contributed by atoms with van der Waals surface area (Å²) < 4.78 is 1.95. The van der Waals surface area contributed by atoms with E-state index in [-0.39, 0.29) is 6.10 Å². The van der Waals surface area contributed by atoms with Crippen molar-refractivity contribution in [3.63, 3.8) is 0 Å². The first-order valence-corrected chi connectivity index (χ1v) is 5.04. The molecule has 0 amide bonds. The topological polar surface area (TPSA) is 63.0 Å². The number of aliphatic hydroxyl groups excluding tert-OH is 1. The molecule has 1 aliphatic rings. The van der Waals surface area contributed by atoms with E-state index < -0.39 is 0 Å². The Labute approximate surface area is 83.2 Å². The van der Waals surface area contributed by atoms with Gasteiger partial charge >= 0.3 is 0 Å². The van der Waals surface area contributed by atoms with Crippen molar-refractivity contribution in [1.82, 2.24) is 20.1 Å². The van der Waals surface area contributed by atoms with Crippen molar-refractivity contribution in [2.75, 3.05) is 13.1 Å². The second kappa shape index (κ2) is 4.06. The van der Waals surface area contributed by atoms with Crippen molar-refractivity contribution in [2.45, 2.75) is 31.9 Å². The lowest BCUT2D eigenvalue weighted by Crippen LogP contribution is -2.17. The SMILES string of the molecule is CC(O)Cn1cnnc1C1CCNC1. The van der Waals surface area contributed by atoms with Crippen LogP contribution in [0.5, 0.6) is 0 Å². The maximum Gasteiger partial charge on any atom is 0.137 e. The van der Waals surface area contributed by atoms with Gasteiger partial charge in [-0.3, -0.25) is 0 Å². The highest BCUT2D eigenvalue weighted by atomic mass is 16.3. The van der Waals surface area contributed by atoms with Crippen LogP contribution in [0, 0.1) is 0 Å². The minimum absolute atomic E-state index is 0.348. The summed E-state index contributed by atoms with van der Waals surface area (Å²) in [6.45, 7) is 4.38. The Kier molecular flexibility index (Phi) is 2.79. The third kappa shape index (κ3) is 1.93. The van der Waals surface area contributed by atoms with Gasteiger partial charge in [-0.1, -0.05) is 0 Å². The highest BCUT2D eigenvalue weighted by Gasteiger charge is 2.21. The molecule has 0 radical (unpaired) electrons. The largest absolute Gasteiger partial charge is 0.392 e. The van der Waals surface area contributed by atoms with E-state index in [9.17, 15) is 5.11 Å². The molecule has 1 fully saturated rings. The van der Waals surface area contributed by atoms with Gasteiger partial charge in [0.05, 0.1) is 12.6 Å². The van der Waals surface area contributed by atoms with Gasteiger partial charge in [0.2, 0.25) is 0 Å². The molecule has 2 N–H and O–H groups in total. The van der Waals surface area contributed by atoms with Crippen LogP contribution in [0.25, 0.3) is 0 Å². The summed E-state index contributed by atoms with van der Waals surface area (Å²) in [4.78, 5) is 0. The lowest BCUT2D eigenvalue weighted by atomic mass is 10.1. The van der Waals surface area contributed by atoms with E-state index in [0.717, 1.165) is 25.3 Å². The maximum atomic E-state index is 9.30. The standard InChI is InChI=1S/C9H16N4O/c1-7(14)5-13-6-11-12-9(13)8-2-3-10-4-8/h6-8,10,14H,2-5H2,1H3. The summed E-state index contributed by atoms with van der Waals surface area (Å²) in [5, 5.41) is 20.6. The van der Waals surface area contributed by atoms with Gasteiger partial charge in [-0.05, 0) is 19.9 Å². The molecule has 5 heteroatoms. The van der Waals surface area contributed by atoms with Crippen molar-refractivity contribution in [3.05, 3.63) is 12.2 Å². The highest BCUT2D eigenvalue weighted by molar-refractivity contribution is 5.00. The predicted molar refractivity (Wildman–Crippen MR) is 51.9 cm³/mol. The molecule has 0 aromatic carbocycles. The van der Waals surface area contributed by atoms with Gasteiger partial charge in [0, 0.05) is 12.5 Å². The van der Waals surface area contributed by atoms with E-state index in [1.165, 1.54) is 0 Å². The first kappa shape index (κ1) is 9.61. The minimum Gasteiger partial charge on any atom is -0.392 e. The van der Waals surface area contributed by atoms with Crippen LogP contribution in [0.4, 0.5) is 0 Å². The zero-order valence-corrected chi connectivity index (χ0v) is 8.35. The van der Waals surface area contributed by atoms with Crippen LogP contribution in [0.3, 0.4) is 0 Å². The molecule has 78 valence electrons. The van der Waals surface area contributed by atoms with Crippen LogP contribution in [0.2, 0.25) is 0 Å². The summed E-state index contributed by atoms with van der Waals surface area (Å²) >= 11 is 0. The van der Waals surface area contributed by atoms with Crippen molar-refractivity contribution in [2.24, 2.45) is 0 Å². The summed E-state index contributed by atoms with van der Waals surface area (Å²) in [6, 6.07) is 0. The average Bonchev–Trinajstić information content (AvgIpc) is 2.70. The van der Waals surface area contributed by atoms with E-state index in [4.69, 9.17) is 0 Å². The van der Waals surface area contributed by atoms with E-state index in [0.29, 0.717) is 12.5 Å². The van der Waals surface area contributed by atoms with Crippen molar-refractivity contribution < 1.29 is 5.11 Å². The zero-order chi connectivity index (χ0) is 9.97. The van der Waals surface area contributed by atoms with Crippen LogP contribution in [0.1, 0.15) is 25.1 Å². The molecule has 1 aliphatic heterocycles. The molecule has 2 unspecified atom stereocenters. The van der Waals surface area contributed by atoms with Gasteiger partial charge in [-0.2, -0.15) is 0 Å². The molecule has 1 aromatic heterocycles. The summed E-state index contributed by atoms with van der Waals surface area (Å²) in [7, 11) is 0. The third-order valence-electron chi connectivity index (χ3n) is 2.53. The molecule has 0 saturated carbocycles. The predicted octanol–water partition coefficient (Wildman–Crippen LogP) is -0.264. The fourth-order valence-corrected chi connectivity index (χ4v) is 1.88. The number of rotatable bonds is 3. The molecule has 5 nitrogen and oxygen atoms in total. The third-order valence-corrected chi connectivity index (χ3v) is 2.53. The molecule has 2 atom stereocenters. The Hall–Kier alpha value is -0.940. The average molecular weight is 196 g/mol. The van der Waals surface area contributed by atoms with E-state index >= 15 is 0 Å².